The molecule has 2 heterocycles. The number of nitrogens with zero attached hydrogens (tertiary/aromatic N) is 2. The molecule has 2 aromatic rings. The minimum absolute atomic E-state index is 0.414. The summed E-state index contributed by atoms with van der Waals surface area (Å²) in [6, 6.07) is 3.27. The second-order valence-corrected chi connectivity index (χ2v) is 6.26. The Balaban J connectivity index is 1.64. The Kier molecular flexibility index (Phi) is 3.87. The van der Waals surface area contributed by atoms with E-state index in [4.69, 9.17) is 0 Å². The third-order valence-electron chi connectivity index (χ3n) is 3.88. The molecule has 0 aromatic carbocycles. The molecule has 0 bridgehead atoms. The molecular formula is C15H21N3S. The predicted octanol–water partition coefficient (Wildman–Crippen LogP) is 4.10. The lowest BCUT2D eigenvalue weighted by atomic mass is 10.1. The molecule has 2 aromatic heterocycles. The van der Waals surface area contributed by atoms with E-state index in [9.17, 15) is 0 Å². The zero-order valence-corrected chi connectivity index (χ0v) is 12.2. The molecule has 1 fully saturated rings. The number of rotatable bonds is 5. The van der Waals surface area contributed by atoms with Crippen LogP contribution < -0.4 is 5.32 Å². The van der Waals surface area contributed by atoms with Gasteiger partial charge >= 0.3 is 0 Å². The molecule has 1 unspecified atom stereocenters. The predicted molar refractivity (Wildman–Crippen MR) is 80.8 cm³/mol. The Morgan fingerprint density at radius 1 is 1.47 bits per heavy atom. The van der Waals surface area contributed by atoms with Gasteiger partial charge < -0.3 is 9.88 Å². The molecule has 102 valence electrons. The van der Waals surface area contributed by atoms with Gasteiger partial charge in [-0.15, -0.1) is 0 Å². The van der Waals surface area contributed by atoms with Crippen molar-refractivity contribution in [3.63, 3.8) is 0 Å². The first kappa shape index (κ1) is 12.7. The molecule has 3 nitrogen and oxygen atoms in total. The quantitative estimate of drug-likeness (QED) is 0.890. The molecule has 1 N–H and O–H groups in total. The summed E-state index contributed by atoms with van der Waals surface area (Å²) in [7, 11) is 0. The van der Waals surface area contributed by atoms with Crippen molar-refractivity contribution in [1.29, 1.82) is 0 Å². The van der Waals surface area contributed by atoms with Crippen LogP contribution >= 0.6 is 11.3 Å². The van der Waals surface area contributed by atoms with E-state index >= 15 is 0 Å². The summed E-state index contributed by atoms with van der Waals surface area (Å²) in [4.78, 5) is 4.48. The van der Waals surface area contributed by atoms with Crippen molar-refractivity contribution in [3.05, 3.63) is 34.8 Å². The summed E-state index contributed by atoms with van der Waals surface area (Å²) in [5, 5.41) is 7.93. The maximum Gasteiger partial charge on any atom is 0.203 e. The van der Waals surface area contributed by atoms with Crippen LogP contribution in [-0.2, 0) is 6.42 Å². The molecule has 0 saturated heterocycles. The molecule has 1 aliphatic rings. The Bertz CT molecular complexity index is 497. The summed E-state index contributed by atoms with van der Waals surface area (Å²) >= 11 is 1.76. The number of hydrogen-bond donors (Lipinski definition) is 1. The summed E-state index contributed by atoms with van der Waals surface area (Å²) < 4.78 is 2.33. The van der Waals surface area contributed by atoms with Crippen LogP contribution in [0.2, 0.25) is 0 Å². The molecule has 0 radical (unpaired) electrons. The maximum atomic E-state index is 4.48. The van der Waals surface area contributed by atoms with Crippen molar-refractivity contribution in [1.82, 2.24) is 9.55 Å². The Labute approximate surface area is 118 Å². The molecule has 0 spiro atoms. The van der Waals surface area contributed by atoms with Gasteiger partial charge in [-0.25, -0.2) is 4.98 Å². The van der Waals surface area contributed by atoms with Crippen LogP contribution in [0.15, 0.2) is 29.2 Å². The number of aromatic nitrogens is 2. The lowest BCUT2D eigenvalue weighted by molar-refractivity contribution is 0.520. The first-order chi connectivity index (χ1) is 9.33. The molecule has 1 aliphatic carbocycles. The standard InChI is InChI=1S/C15H21N3S/c1-12(10-13-6-9-19-11-13)17-15-16-7-8-18(15)14-4-2-3-5-14/h6-9,11-12,14H,2-5,10H2,1H3,(H,16,17). The molecule has 4 heteroatoms. The van der Waals surface area contributed by atoms with Crippen LogP contribution in [0, 0.1) is 0 Å². The van der Waals surface area contributed by atoms with Crippen molar-refractivity contribution in [2.45, 2.75) is 51.1 Å². The highest BCUT2D eigenvalue weighted by molar-refractivity contribution is 7.07. The summed E-state index contributed by atoms with van der Waals surface area (Å²) in [6.45, 7) is 2.23. The first-order valence-electron chi connectivity index (χ1n) is 7.13. The minimum atomic E-state index is 0.414. The van der Waals surface area contributed by atoms with Crippen molar-refractivity contribution in [2.75, 3.05) is 5.32 Å². The second kappa shape index (κ2) is 5.78. The zero-order valence-electron chi connectivity index (χ0n) is 11.4. The Morgan fingerprint density at radius 3 is 3.05 bits per heavy atom. The van der Waals surface area contributed by atoms with Crippen LogP contribution in [0.1, 0.15) is 44.2 Å². The largest absolute Gasteiger partial charge is 0.353 e. The molecule has 0 amide bonds. The average molecular weight is 275 g/mol. The van der Waals surface area contributed by atoms with Gasteiger partial charge in [0.05, 0.1) is 0 Å². The Morgan fingerprint density at radius 2 is 2.32 bits per heavy atom. The van der Waals surface area contributed by atoms with Gasteiger partial charge in [-0.2, -0.15) is 11.3 Å². The SMILES string of the molecule is CC(Cc1ccsc1)Nc1nccn1C1CCCC1. The topological polar surface area (TPSA) is 29.9 Å². The van der Waals surface area contributed by atoms with Gasteiger partial charge in [-0.05, 0) is 48.6 Å². The van der Waals surface area contributed by atoms with Crippen molar-refractivity contribution >= 4 is 17.3 Å². The van der Waals surface area contributed by atoms with Gasteiger partial charge in [0.25, 0.3) is 0 Å². The number of nitrogens with one attached hydrogen (secondary N) is 1. The molecule has 1 saturated carbocycles. The van der Waals surface area contributed by atoms with Gasteiger partial charge in [0.2, 0.25) is 5.95 Å². The van der Waals surface area contributed by atoms with Gasteiger partial charge in [0.1, 0.15) is 0 Å². The third-order valence-corrected chi connectivity index (χ3v) is 4.62. The van der Waals surface area contributed by atoms with Crippen molar-refractivity contribution in [2.24, 2.45) is 0 Å². The van der Waals surface area contributed by atoms with Crippen LogP contribution in [0.5, 0.6) is 0 Å². The summed E-state index contributed by atoms with van der Waals surface area (Å²) in [5.41, 5.74) is 1.41. The van der Waals surface area contributed by atoms with Crippen molar-refractivity contribution in [3.8, 4) is 0 Å². The van der Waals surface area contributed by atoms with E-state index in [-0.39, 0.29) is 0 Å². The number of hydrogen-bond acceptors (Lipinski definition) is 3. The maximum absolute atomic E-state index is 4.48. The van der Waals surface area contributed by atoms with E-state index in [1.165, 1.54) is 31.2 Å². The van der Waals surface area contributed by atoms with E-state index < -0.39 is 0 Å². The highest BCUT2D eigenvalue weighted by Crippen LogP contribution is 2.31. The van der Waals surface area contributed by atoms with Gasteiger partial charge in [0.15, 0.2) is 0 Å². The first-order valence-corrected chi connectivity index (χ1v) is 8.07. The number of imidazole rings is 1. The molecule has 1 atom stereocenters. The highest BCUT2D eigenvalue weighted by Gasteiger charge is 2.19. The minimum Gasteiger partial charge on any atom is -0.353 e. The summed E-state index contributed by atoms with van der Waals surface area (Å²) in [5.74, 6) is 1.04. The van der Waals surface area contributed by atoms with E-state index in [2.05, 4.69) is 44.8 Å². The second-order valence-electron chi connectivity index (χ2n) is 5.48. The zero-order chi connectivity index (χ0) is 13.1. The molecule has 19 heavy (non-hydrogen) atoms. The van der Waals surface area contributed by atoms with E-state index in [0.29, 0.717) is 12.1 Å². The van der Waals surface area contributed by atoms with Crippen LogP contribution in [-0.4, -0.2) is 15.6 Å². The smallest absolute Gasteiger partial charge is 0.203 e. The fourth-order valence-electron chi connectivity index (χ4n) is 2.94. The fourth-order valence-corrected chi connectivity index (χ4v) is 3.62. The lowest BCUT2D eigenvalue weighted by Gasteiger charge is -2.19. The van der Waals surface area contributed by atoms with E-state index in [0.717, 1.165) is 12.4 Å². The van der Waals surface area contributed by atoms with Crippen LogP contribution in [0.25, 0.3) is 0 Å². The third kappa shape index (κ3) is 3.00. The highest BCUT2D eigenvalue weighted by atomic mass is 32.1. The Hall–Kier alpha value is -1.29. The normalized spacial score (nSPS) is 17.7. The van der Waals surface area contributed by atoms with Crippen molar-refractivity contribution < 1.29 is 0 Å². The van der Waals surface area contributed by atoms with Gasteiger partial charge in [-0.1, -0.05) is 12.8 Å². The number of anilines is 1. The average Bonchev–Trinajstić information content (AvgIpc) is 3.09. The lowest BCUT2D eigenvalue weighted by Crippen LogP contribution is -2.21. The number of thiophene rings is 1. The van der Waals surface area contributed by atoms with Gasteiger partial charge in [-0.3, -0.25) is 0 Å². The molecular weight excluding hydrogens is 254 g/mol. The van der Waals surface area contributed by atoms with Gasteiger partial charge in [0, 0.05) is 24.5 Å². The fraction of sp³-hybridized carbons (Fsp3) is 0.533. The van der Waals surface area contributed by atoms with Crippen LogP contribution in [0.3, 0.4) is 0 Å². The van der Waals surface area contributed by atoms with E-state index in [1.807, 2.05) is 6.20 Å². The molecule has 3 rings (SSSR count). The van der Waals surface area contributed by atoms with E-state index in [1.54, 1.807) is 11.3 Å². The monoisotopic (exact) mass is 275 g/mol. The van der Waals surface area contributed by atoms with Crippen LogP contribution in [0.4, 0.5) is 5.95 Å². The molecule has 0 aliphatic heterocycles. The summed E-state index contributed by atoms with van der Waals surface area (Å²) in [6.07, 6.45) is 10.4.